The molecule has 6 nitrogen and oxygen atoms in total. The van der Waals surface area contributed by atoms with Gasteiger partial charge in [-0.3, -0.25) is 19.2 Å². The fourth-order valence-electron chi connectivity index (χ4n) is 4.24. The highest BCUT2D eigenvalue weighted by molar-refractivity contribution is 7.16. The second-order valence-corrected chi connectivity index (χ2v) is 9.89. The first-order valence-electron chi connectivity index (χ1n) is 11.8. The molecule has 0 aliphatic carbocycles. The van der Waals surface area contributed by atoms with E-state index in [1.165, 1.54) is 11.3 Å². The fraction of sp³-hybridized carbons (Fsp3) is 0.370. The Kier molecular flexibility index (Phi) is 7.88. The summed E-state index contributed by atoms with van der Waals surface area (Å²) in [4.78, 5) is 28.6. The van der Waals surface area contributed by atoms with Crippen LogP contribution in [0.3, 0.4) is 0 Å². The van der Waals surface area contributed by atoms with Gasteiger partial charge >= 0.3 is 0 Å². The average molecular weight is 476 g/mol. The van der Waals surface area contributed by atoms with E-state index in [9.17, 15) is 4.79 Å². The third-order valence-electron chi connectivity index (χ3n) is 6.11. The Morgan fingerprint density at radius 2 is 1.82 bits per heavy atom. The van der Waals surface area contributed by atoms with Gasteiger partial charge in [0.2, 0.25) is 0 Å². The van der Waals surface area contributed by atoms with Crippen molar-refractivity contribution in [3.8, 4) is 0 Å². The minimum Gasteiger partial charge on any atom is -0.308 e. The van der Waals surface area contributed by atoms with E-state index in [2.05, 4.69) is 60.1 Å². The third-order valence-corrected chi connectivity index (χ3v) is 6.92. The Morgan fingerprint density at radius 3 is 2.50 bits per heavy atom. The SMILES string of the molecule is CCC(c1nc2sccc2c(=O)n1Cc1ccccc1)N(CCN(C)C)Cc1ccc(C)nc1. The lowest BCUT2D eigenvalue weighted by Crippen LogP contribution is -2.38. The molecule has 7 heteroatoms. The van der Waals surface area contributed by atoms with E-state index < -0.39 is 0 Å². The van der Waals surface area contributed by atoms with Crippen LogP contribution in [0.4, 0.5) is 0 Å². The summed E-state index contributed by atoms with van der Waals surface area (Å²) in [6.07, 6.45) is 2.81. The number of aryl methyl sites for hydroxylation is 1. The number of hydrogen-bond donors (Lipinski definition) is 0. The van der Waals surface area contributed by atoms with Gasteiger partial charge in [-0.05, 0) is 56.1 Å². The Hall–Kier alpha value is -2.87. The molecule has 0 amide bonds. The number of aromatic nitrogens is 3. The van der Waals surface area contributed by atoms with Crippen molar-refractivity contribution in [3.05, 3.63) is 93.1 Å². The minimum atomic E-state index is 0.00386. The highest BCUT2D eigenvalue weighted by Gasteiger charge is 2.26. The third kappa shape index (κ3) is 5.60. The zero-order chi connectivity index (χ0) is 24.1. The molecule has 3 aromatic heterocycles. The molecule has 4 rings (SSSR count). The topological polar surface area (TPSA) is 54.3 Å². The zero-order valence-electron chi connectivity index (χ0n) is 20.4. The number of likely N-dealkylation sites (N-methyl/N-ethyl adjacent to an activating group) is 1. The van der Waals surface area contributed by atoms with Crippen LogP contribution in [-0.2, 0) is 13.1 Å². The minimum absolute atomic E-state index is 0.00386. The lowest BCUT2D eigenvalue weighted by molar-refractivity contribution is 0.155. The standard InChI is InChI=1S/C27H33N5OS/c1-5-24(31(15-14-30(3)4)18-22-12-11-20(2)28-17-22)25-29-26-23(13-16-34-26)27(33)32(25)19-21-9-7-6-8-10-21/h6-13,16-17,24H,5,14-15,18-19H2,1-4H3. The molecule has 0 bridgehead atoms. The summed E-state index contributed by atoms with van der Waals surface area (Å²) in [5.41, 5.74) is 3.31. The van der Waals surface area contributed by atoms with Crippen LogP contribution >= 0.6 is 11.3 Å². The van der Waals surface area contributed by atoms with Gasteiger partial charge in [-0.2, -0.15) is 0 Å². The zero-order valence-corrected chi connectivity index (χ0v) is 21.3. The first-order chi connectivity index (χ1) is 16.5. The smallest absolute Gasteiger partial charge is 0.262 e. The fourth-order valence-corrected chi connectivity index (χ4v) is 5.00. The Labute approximate surface area is 205 Å². The maximum Gasteiger partial charge on any atom is 0.262 e. The molecule has 0 fully saturated rings. The monoisotopic (exact) mass is 475 g/mol. The summed E-state index contributed by atoms with van der Waals surface area (Å²) in [5, 5.41) is 2.65. The number of benzene rings is 1. The summed E-state index contributed by atoms with van der Waals surface area (Å²) < 4.78 is 1.88. The van der Waals surface area contributed by atoms with Gasteiger partial charge in [0.15, 0.2) is 0 Å². The maximum absolute atomic E-state index is 13.6. The van der Waals surface area contributed by atoms with Gasteiger partial charge in [0.25, 0.3) is 5.56 Å². The molecule has 0 saturated heterocycles. The van der Waals surface area contributed by atoms with E-state index in [4.69, 9.17) is 4.98 Å². The van der Waals surface area contributed by atoms with Crippen molar-refractivity contribution in [1.29, 1.82) is 0 Å². The van der Waals surface area contributed by atoms with Gasteiger partial charge < -0.3 is 4.90 Å². The van der Waals surface area contributed by atoms with E-state index in [0.29, 0.717) is 11.9 Å². The van der Waals surface area contributed by atoms with Crippen molar-refractivity contribution in [2.24, 2.45) is 0 Å². The average Bonchev–Trinajstić information content (AvgIpc) is 3.31. The van der Waals surface area contributed by atoms with Crippen molar-refractivity contribution in [1.82, 2.24) is 24.3 Å². The summed E-state index contributed by atoms with van der Waals surface area (Å²) in [5.74, 6) is 0.838. The van der Waals surface area contributed by atoms with E-state index in [1.807, 2.05) is 47.3 Å². The van der Waals surface area contributed by atoms with E-state index in [-0.39, 0.29) is 11.6 Å². The van der Waals surface area contributed by atoms with Crippen LogP contribution in [-0.4, -0.2) is 51.5 Å². The highest BCUT2D eigenvalue weighted by Crippen LogP contribution is 2.27. The second-order valence-electron chi connectivity index (χ2n) is 8.99. The van der Waals surface area contributed by atoms with E-state index in [0.717, 1.165) is 53.5 Å². The predicted octanol–water partition coefficient (Wildman–Crippen LogP) is 4.72. The second kappa shape index (κ2) is 11.0. The first-order valence-corrected chi connectivity index (χ1v) is 12.7. The molecular weight excluding hydrogens is 442 g/mol. The lowest BCUT2D eigenvalue weighted by atomic mass is 10.1. The molecule has 0 spiro atoms. The molecule has 1 atom stereocenters. The number of hydrogen-bond acceptors (Lipinski definition) is 6. The van der Waals surface area contributed by atoms with Crippen molar-refractivity contribution < 1.29 is 0 Å². The largest absolute Gasteiger partial charge is 0.308 e. The molecule has 0 N–H and O–H groups in total. The summed E-state index contributed by atoms with van der Waals surface area (Å²) in [6.45, 7) is 7.23. The number of pyridine rings is 1. The molecule has 178 valence electrons. The Balaban J connectivity index is 1.79. The highest BCUT2D eigenvalue weighted by atomic mass is 32.1. The van der Waals surface area contributed by atoms with Gasteiger partial charge in [-0.1, -0.05) is 43.3 Å². The number of nitrogens with zero attached hydrogens (tertiary/aromatic N) is 5. The normalized spacial score (nSPS) is 12.6. The Bertz CT molecular complexity index is 1260. The van der Waals surface area contributed by atoms with Crippen molar-refractivity contribution in [3.63, 3.8) is 0 Å². The predicted molar refractivity (Wildman–Crippen MR) is 140 cm³/mol. The van der Waals surface area contributed by atoms with Crippen LogP contribution in [0.15, 0.2) is 64.9 Å². The molecule has 0 aliphatic heterocycles. The van der Waals surface area contributed by atoms with Crippen LogP contribution in [0.2, 0.25) is 0 Å². The molecule has 1 unspecified atom stereocenters. The molecule has 34 heavy (non-hydrogen) atoms. The van der Waals surface area contributed by atoms with Gasteiger partial charge in [-0.25, -0.2) is 4.98 Å². The molecule has 0 saturated carbocycles. The van der Waals surface area contributed by atoms with E-state index >= 15 is 0 Å². The number of fused-ring (bicyclic) bond motifs is 1. The van der Waals surface area contributed by atoms with Crippen molar-refractivity contribution in [2.75, 3.05) is 27.2 Å². The Morgan fingerprint density at radius 1 is 1.03 bits per heavy atom. The summed E-state index contributed by atoms with van der Waals surface area (Å²) in [6, 6.07) is 16.3. The molecule has 0 aliphatic rings. The quantitative estimate of drug-likeness (QED) is 0.332. The molecule has 0 radical (unpaired) electrons. The molecular formula is C27H33N5OS. The van der Waals surface area contributed by atoms with Crippen LogP contribution in [0.1, 0.15) is 42.0 Å². The van der Waals surface area contributed by atoms with Crippen LogP contribution < -0.4 is 5.56 Å². The number of thiophene rings is 1. The van der Waals surface area contributed by atoms with Crippen LogP contribution in [0.5, 0.6) is 0 Å². The van der Waals surface area contributed by atoms with Crippen LogP contribution in [0.25, 0.3) is 10.2 Å². The summed E-state index contributed by atoms with van der Waals surface area (Å²) in [7, 11) is 4.18. The number of rotatable bonds is 10. The molecule has 3 heterocycles. The lowest BCUT2D eigenvalue weighted by Gasteiger charge is -2.33. The van der Waals surface area contributed by atoms with Crippen molar-refractivity contribution in [2.45, 2.75) is 39.4 Å². The van der Waals surface area contributed by atoms with Gasteiger partial charge in [0.05, 0.1) is 18.0 Å². The maximum atomic E-state index is 13.6. The summed E-state index contributed by atoms with van der Waals surface area (Å²) >= 11 is 1.53. The van der Waals surface area contributed by atoms with E-state index in [1.54, 1.807) is 0 Å². The van der Waals surface area contributed by atoms with Gasteiger partial charge in [0.1, 0.15) is 10.7 Å². The van der Waals surface area contributed by atoms with Crippen LogP contribution in [0, 0.1) is 6.92 Å². The first kappa shape index (κ1) is 24.3. The van der Waals surface area contributed by atoms with Crippen molar-refractivity contribution >= 4 is 21.6 Å². The van der Waals surface area contributed by atoms with Gasteiger partial charge in [-0.15, -0.1) is 11.3 Å². The molecule has 4 aromatic rings. The molecule has 1 aromatic carbocycles. The van der Waals surface area contributed by atoms with Gasteiger partial charge in [0, 0.05) is 31.5 Å².